The number of alkyl halides is 1. The number of carbonyl (C=O) groups is 2. The van der Waals surface area contributed by atoms with Crippen molar-refractivity contribution in [3.05, 3.63) is 58.4 Å². The molecule has 0 bridgehead atoms. The van der Waals surface area contributed by atoms with Crippen molar-refractivity contribution in [3.63, 3.8) is 0 Å². The Kier molecular flexibility index (Phi) is 12.1. The summed E-state index contributed by atoms with van der Waals surface area (Å²) in [7, 11) is 1.65. The average Bonchev–Trinajstić information content (AvgIpc) is 3.06. The van der Waals surface area contributed by atoms with Crippen LogP contribution >= 0.6 is 11.6 Å². The van der Waals surface area contributed by atoms with E-state index in [9.17, 15) is 13.9 Å². The van der Waals surface area contributed by atoms with E-state index in [2.05, 4.69) is 15.2 Å². The molecule has 1 fully saturated rings. The SMILES string of the molecule is C=O.C=O.CN=C(Nc1ccc(F)c(Cl)c1)c1ccc(CF)c(N2CCCC(O)CC2)c1. The smallest absolute Gasteiger partial charge is 0.141 e. The molecule has 174 valence electrons. The summed E-state index contributed by atoms with van der Waals surface area (Å²) in [6, 6.07) is 9.85. The molecule has 0 aromatic heterocycles. The van der Waals surface area contributed by atoms with Gasteiger partial charge in [0, 0.05) is 42.6 Å². The normalized spacial score (nSPS) is 16.1. The number of hydrogen-bond donors (Lipinski definition) is 2. The van der Waals surface area contributed by atoms with E-state index in [4.69, 9.17) is 21.2 Å². The van der Waals surface area contributed by atoms with E-state index >= 15 is 0 Å². The first-order chi connectivity index (χ1) is 15.5. The lowest BCUT2D eigenvalue weighted by Crippen LogP contribution is -2.26. The minimum Gasteiger partial charge on any atom is -0.393 e. The van der Waals surface area contributed by atoms with Gasteiger partial charge in [-0.3, -0.25) is 4.99 Å². The van der Waals surface area contributed by atoms with E-state index in [-0.39, 0.29) is 11.1 Å². The lowest BCUT2D eigenvalue weighted by atomic mass is 10.1. The molecule has 2 aromatic rings. The zero-order valence-corrected chi connectivity index (χ0v) is 18.7. The molecule has 9 heteroatoms. The summed E-state index contributed by atoms with van der Waals surface area (Å²) in [6.07, 6.45) is 1.98. The van der Waals surface area contributed by atoms with Crippen LogP contribution in [0.5, 0.6) is 0 Å². The Morgan fingerprint density at radius 1 is 1.19 bits per heavy atom. The summed E-state index contributed by atoms with van der Waals surface area (Å²) in [5, 5.41) is 13.1. The molecule has 1 heterocycles. The van der Waals surface area contributed by atoms with Crippen LogP contribution in [0.25, 0.3) is 0 Å². The molecular weight excluding hydrogens is 440 g/mol. The maximum absolute atomic E-state index is 13.6. The Hall–Kier alpha value is -2.84. The van der Waals surface area contributed by atoms with Gasteiger partial charge in [-0.15, -0.1) is 0 Å². The molecule has 2 N–H and O–H groups in total. The Morgan fingerprint density at radius 3 is 2.53 bits per heavy atom. The van der Waals surface area contributed by atoms with Crippen molar-refractivity contribution in [2.75, 3.05) is 30.4 Å². The largest absolute Gasteiger partial charge is 0.393 e. The predicted octanol–water partition coefficient (Wildman–Crippen LogP) is 4.42. The summed E-state index contributed by atoms with van der Waals surface area (Å²) in [4.78, 5) is 22.4. The van der Waals surface area contributed by atoms with Crippen LogP contribution < -0.4 is 10.2 Å². The summed E-state index contributed by atoms with van der Waals surface area (Å²) in [5.74, 6) is 0.0873. The molecule has 1 unspecified atom stereocenters. The summed E-state index contributed by atoms with van der Waals surface area (Å²) < 4.78 is 27.0. The molecule has 0 aliphatic carbocycles. The van der Waals surface area contributed by atoms with Gasteiger partial charge in [0.15, 0.2) is 0 Å². The number of nitrogens with one attached hydrogen (secondary N) is 1. The van der Waals surface area contributed by atoms with E-state index in [1.807, 2.05) is 25.7 Å². The van der Waals surface area contributed by atoms with Gasteiger partial charge in [0.25, 0.3) is 0 Å². The highest BCUT2D eigenvalue weighted by Crippen LogP contribution is 2.27. The number of rotatable bonds is 4. The number of aliphatic hydroxyl groups excluding tert-OH is 1. The molecule has 1 aliphatic rings. The van der Waals surface area contributed by atoms with E-state index in [0.29, 0.717) is 30.1 Å². The Balaban J connectivity index is 0.00000121. The fourth-order valence-electron chi connectivity index (χ4n) is 3.41. The molecule has 6 nitrogen and oxygen atoms in total. The van der Waals surface area contributed by atoms with Crippen molar-refractivity contribution >= 4 is 42.4 Å². The molecule has 0 saturated carbocycles. The summed E-state index contributed by atoms with van der Waals surface area (Å²) in [6.45, 7) is 4.89. The van der Waals surface area contributed by atoms with Crippen LogP contribution in [0.4, 0.5) is 20.2 Å². The molecule has 32 heavy (non-hydrogen) atoms. The third-order valence-electron chi connectivity index (χ3n) is 4.95. The van der Waals surface area contributed by atoms with Crippen molar-refractivity contribution in [1.29, 1.82) is 0 Å². The number of nitrogens with zero attached hydrogens (tertiary/aromatic N) is 2. The minimum absolute atomic E-state index is 0.0250. The van der Waals surface area contributed by atoms with Crippen LogP contribution in [0.3, 0.4) is 0 Å². The monoisotopic (exact) mass is 467 g/mol. The molecule has 1 saturated heterocycles. The first-order valence-electron chi connectivity index (χ1n) is 9.90. The number of aliphatic hydroxyl groups is 1. The van der Waals surface area contributed by atoms with Crippen LogP contribution in [-0.2, 0) is 16.3 Å². The minimum atomic E-state index is -0.561. The second-order valence-corrected chi connectivity index (χ2v) is 7.28. The molecule has 1 aliphatic heterocycles. The lowest BCUT2D eigenvalue weighted by molar-refractivity contribution is -0.0987. The van der Waals surface area contributed by atoms with Gasteiger partial charge in [0.05, 0.1) is 11.1 Å². The van der Waals surface area contributed by atoms with Crippen LogP contribution in [0, 0.1) is 5.82 Å². The topological polar surface area (TPSA) is 82.0 Å². The molecular formula is C23H28ClF2N3O3. The molecule has 1 atom stereocenters. The first kappa shape index (κ1) is 27.2. The van der Waals surface area contributed by atoms with Crippen LogP contribution in [-0.4, -0.2) is 50.8 Å². The predicted molar refractivity (Wildman–Crippen MR) is 125 cm³/mol. The first-order valence-corrected chi connectivity index (χ1v) is 10.3. The van der Waals surface area contributed by atoms with Gasteiger partial charge in [-0.25, -0.2) is 8.78 Å². The van der Waals surface area contributed by atoms with Gasteiger partial charge in [0.2, 0.25) is 0 Å². The number of anilines is 2. The van der Waals surface area contributed by atoms with Gasteiger partial charge >= 0.3 is 0 Å². The molecule has 0 amide bonds. The van der Waals surface area contributed by atoms with Crippen molar-refractivity contribution in [1.82, 2.24) is 0 Å². The van der Waals surface area contributed by atoms with Crippen molar-refractivity contribution in [2.24, 2.45) is 4.99 Å². The van der Waals surface area contributed by atoms with Crippen molar-refractivity contribution < 1.29 is 23.5 Å². The van der Waals surface area contributed by atoms with E-state index in [1.165, 1.54) is 12.1 Å². The fourth-order valence-corrected chi connectivity index (χ4v) is 3.59. The fraction of sp³-hybridized carbons (Fsp3) is 0.348. The molecule has 3 rings (SSSR count). The highest BCUT2D eigenvalue weighted by atomic mass is 35.5. The van der Waals surface area contributed by atoms with Crippen LogP contribution in [0.1, 0.15) is 30.4 Å². The second-order valence-electron chi connectivity index (χ2n) is 6.87. The molecule has 0 radical (unpaired) electrons. The van der Waals surface area contributed by atoms with Gasteiger partial charge in [0.1, 0.15) is 31.9 Å². The number of amidine groups is 1. The standard InChI is InChI=1S/C21H24ClF2N3O.2CH2O/c1-25-21(26-16-6-7-19(24)18(22)12-16)14-4-5-15(13-23)20(11-14)27-9-2-3-17(28)8-10-27;2*1-2/h4-7,11-12,17,28H,2-3,8-10,13H2,1H3,(H,25,26);2*1H2. The Morgan fingerprint density at radius 2 is 1.91 bits per heavy atom. The molecule has 2 aromatic carbocycles. The summed E-state index contributed by atoms with van der Waals surface area (Å²) >= 11 is 5.86. The summed E-state index contributed by atoms with van der Waals surface area (Å²) in [5.41, 5.74) is 2.83. The van der Waals surface area contributed by atoms with Gasteiger partial charge in [-0.1, -0.05) is 23.7 Å². The lowest BCUT2D eigenvalue weighted by Gasteiger charge is -2.26. The van der Waals surface area contributed by atoms with Crippen molar-refractivity contribution in [3.8, 4) is 0 Å². The second kappa shape index (κ2) is 14.3. The zero-order chi connectivity index (χ0) is 24.1. The number of halogens is 3. The number of carbonyl (C=O) groups excluding carboxylic acids is 2. The van der Waals surface area contributed by atoms with Gasteiger partial charge in [-0.05, 0) is 43.5 Å². The number of benzene rings is 2. The van der Waals surface area contributed by atoms with Crippen molar-refractivity contribution in [2.45, 2.75) is 32.0 Å². The molecule has 0 spiro atoms. The Labute approximate surface area is 191 Å². The highest BCUT2D eigenvalue weighted by molar-refractivity contribution is 6.31. The van der Waals surface area contributed by atoms with E-state index in [0.717, 1.165) is 30.6 Å². The van der Waals surface area contributed by atoms with E-state index < -0.39 is 12.5 Å². The average molecular weight is 468 g/mol. The number of aliphatic imine (C=N–C) groups is 1. The Bertz CT molecular complexity index is 897. The van der Waals surface area contributed by atoms with Gasteiger partial charge in [-0.2, -0.15) is 0 Å². The third kappa shape index (κ3) is 7.39. The van der Waals surface area contributed by atoms with E-state index in [1.54, 1.807) is 19.2 Å². The zero-order valence-electron chi connectivity index (χ0n) is 18.0. The van der Waals surface area contributed by atoms with Crippen LogP contribution in [0.15, 0.2) is 41.4 Å². The highest BCUT2D eigenvalue weighted by Gasteiger charge is 2.19. The van der Waals surface area contributed by atoms with Gasteiger partial charge < -0.3 is 24.9 Å². The quantitative estimate of drug-likeness (QED) is 0.514. The third-order valence-corrected chi connectivity index (χ3v) is 5.24. The van der Waals surface area contributed by atoms with Crippen LogP contribution in [0.2, 0.25) is 5.02 Å². The number of hydrogen-bond acceptors (Lipinski definition) is 5. The maximum atomic E-state index is 13.6. The maximum Gasteiger partial charge on any atom is 0.141 e.